The van der Waals surface area contributed by atoms with Crippen molar-refractivity contribution >= 4 is 5.84 Å². The van der Waals surface area contributed by atoms with E-state index in [1.807, 2.05) is 0 Å². The van der Waals surface area contributed by atoms with Crippen LogP contribution in [0.5, 0.6) is 0 Å². The molecule has 0 amide bonds. The standard InChI is InChI=1S/C14H27N3/c1-4-7-9-14-16-11-13(17-14)10-15-12(6-3)8-5-2/h8,13,15H,4-7,9-11H2,1-3H3,(H,16,17)/b12-8+. The average molecular weight is 237 g/mol. The van der Waals surface area contributed by atoms with E-state index in [-0.39, 0.29) is 0 Å². The Kier molecular flexibility index (Phi) is 6.75. The van der Waals surface area contributed by atoms with Gasteiger partial charge in [0.05, 0.1) is 11.9 Å². The summed E-state index contributed by atoms with van der Waals surface area (Å²) in [5.41, 5.74) is 1.35. The summed E-state index contributed by atoms with van der Waals surface area (Å²) in [7, 11) is 0. The molecule has 1 unspecified atom stereocenters. The van der Waals surface area contributed by atoms with Gasteiger partial charge in [-0.2, -0.15) is 0 Å². The van der Waals surface area contributed by atoms with Crippen molar-refractivity contribution in [1.29, 1.82) is 0 Å². The first-order valence-corrected chi connectivity index (χ1v) is 7.03. The van der Waals surface area contributed by atoms with Gasteiger partial charge in [0.15, 0.2) is 0 Å². The van der Waals surface area contributed by atoms with Gasteiger partial charge in [0, 0.05) is 25.2 Å². The number of nitrogens with one attached hydrogen (secondary N) is 2. The first-order chi connectivity index (χ1) is 8.30. The van der Waals surface area contributed by atoms with Gasteiger partial charge in [-0.1, -0.05) is 33.3 Å². The van der Waals surface area contributed by atoms with Crippen LogP contribution in [0.25, 0.3) is 0 Å². The van der Waals surface area contributed by atoms with Gasteiger partial charge in [-0.15, -0.1) is 0 Å². The van der Waals surface area contributed by atoms with Crippen LogP contribution < -0.4 is 10.6 Å². The molecule has 1 heterocycles. The summed E-state index contributed by atoms with van der Waals surface area (Å²) in [5, 5.41) is 6.91. The van der Waals surface area contributed by atoms with E-state index < -0.39 is 0 Å². The lowest BCUT2D eigenvalue weighted by atomic mass is 10.2. The Bertz CT molecular complexity index is 269. The number of amidine groups is 1. The SMILES string of the molecule is CC/C=C(\CC)NCC1CNC(CCCC)=N1. The van der Waals surface area contributed by atoms with E-state index in [1.165, 1.54) is 24.4 Å². The lowest BCUT2D eigenvalue weighted by Gasteiger charge is -2.11. The fraction of sp³-hybridized carbons (Fsp3) is 0.786. The maximum atomic E-state index is 4.71. The molecular formula is C14H27N3. The second-order valence-electron chi connectivity index (χ2n) is 4.59. The van der Waals surface area contributed by atoms with Crippen molar-refractivity contribution in [2.24, 2.45) is 4.99 Å². The molecule has 0 fully saturated rings. The lowest BCUT2D eigenvalue weighted by Crippen LogP contribution is -2.29. The first-order valence-electron chi connectivity index (χ1n) is 7.03. The molecule has 98 valence electrons. The van der Waals surface area contributed by atoms with Crippen molar-refractivity contribution in [3.05, 3.63) is 11.8 Å². The maximum absolute atomic E-state index is 4.71. The lowest BCUT2D eigenvalue weighted by molar-refractivity contribution is 0.628. The van der Waals surface area contributed by atoms with Gasteiger partial charge >= 0.3 is 0 Å². The highest BCUT2D eigenvalue weighted by molar-refractivity contribution is 5.83. The summed E-state index contributed by atoms with van der Waals surface area (Å²) in [6.07, 6.45) is 8.04. The predicted molar refractivity (Wildman–Crippen MR) is 75.4 cm³/mol. The molecule has 1 aliphatic heterocycles. The molecule has 0 saturated heterocycles. The topological polar surface area (TPSA) is 36.4 Å². The highest BCUT2D eigenvalue weighted by Gasteiger charge is 2.15. The smallest absolute Gasteiger partial charge is 0.0968 e. The molecule has 0 aromatic heterocycles. The summed E-state index contributed by atoms with van der Waals surface area (Å²) in [6.45, 7) is 8.54. The van der Waals surface area contributed by atoms with Crippen LogP contribution in [0.1, 0.15) is 52.9 Å². The van der Waals surface area contributed by atoms with E-state index in [2.05, 4.69) is 37.5 Å². The highest BCUT2D eigenvalue weighted by atomic mass is 15.1. The number of allylic oxidation sites excluding steroid dienone is 2. The van der Waals surface area contributed by atoms with Gasteiger partial charge in [0.25, 0.3) is 0 Å². The zero-order valence-electron chi connectivity index (χ0n) is 11.6. The van der Waals surface area contributed by atoms with Crippen LogP contribution in [-0.2, 0) is 0 Å². The van der Waals surface area contributed by atoms with Crippen LogP contribution >= 0.6 is 0 Å². The summed E-state index contributed by atoms with van der Waals surface area (Å²) in [6, 6.07) is 0.411. The van der Waals surface area contributed by atoms with Gasteiger partial charge in [0.2, 0.25) is 0 Å². The monoisotopic (exact) mass is 237 g/mol. The third kappa shape index (κ3) is 5.24. The van der Waals surface area contributed by atoms with Gasteiger partial charge in [-0.3, -0.25) is 4.99 Å². The summed E-state index contributed by atoms with van der Waals surface area (Å²) < 4.78 is 0. The molecule has 0 aromatic carbocycles. The number of rotatable bonds is 8. The van der Waals surface area contributed by atoms with Crippen LogP contribution in [0.4, 0.5) is 0 Å². The fourth-order valence-electron chi connectivity index (χ4n) is 2.00. The Morgan fingerprint density at radius 2 is 2.29 bits per heavy atom. The Morgan fingerprint density at radius 1 is 1.47 bits per heavy atom. The molecule has 0 aromatic rings. The van der Waals surface area contributed by atoms with Crippen LogP contribution in [0.2, 0.25) is 0 Å². The number of hydrogen-bond donors (Lipinski definition) is 2. The zero-order chi connectivity index (χ0) is 12.5. The fourth-order valence-corrected chi connectivity index (χ4v) is 2.00. The van der Waals surface area contributed by atoms with E-state index in [9.17, 15) is 0 Å². The minimum Gasteiger partial charge on any atom is -0.386 e. The van der Waals surface area contributed by atoms with E-state index in [4.69, 9.17) is 4.99 Å². The quantitative estimate of drug-likeness (QED) is 0.681. The van der Waals surface area contributed by atoms with Gasteiger partial charge in [0.1, 0.15) is 0 Å². The minimum atomic E-state index is 0.411. The minimum absolute atomic E-state index is 0.411. The summed E-state index contributed by atoms with van der Waals surface area (Å²) in [5.74, 6) is 1.20. The molecule has 0 saturated carbocycles. The number of nitrogens with zero attached hydrogens (tertiary/aromatic N) is 1. The van der Waals surface area contributed by atoms with Crippen molar-refractivity contribution in [1.82, 2.24) is 10.6 Å². The molecule has 3 nitrogen and oxygen atoms in total. The summed E-state index contributed by atoms with van der Waals surface area (Å²) in [4.78, 5) is 4.71. The molecule has 3 heteroatoms. The predicted octanol–water partition coefficient (Wildman–Crippen LogP) is 2.84. The Labute approximate surface area is 106 Å². The zero-order valence-corrected chi connectivity index (χ0v) is 11.6. The molecule has 1 rings (SSSR count). The number of hydrogen-bond acceptors (Lipinski definition) is 3. The van der Waals surface area contributed by atoms with Crippen LogP contribution in [0.3, 0.4) is 0 Å². The third-order valence-electron chi connectivity index (χ3n) is 3.04. The van der Waals surface area contributed by atoms with Crippen molar-refractivity contribution in [3.63, 3.8) is 0 Å². The van der Waals surface area contributed by atoms with Crippen molar-refractivity contribution in [3.8, 4) is 0 Å². The second kappa shape index (κ2) is 8.15. The molecule has 17 heavy (non-hydrogen) atoms. The Morgan fingerprint density at radius 3 is 2.94 bits per heavy atom. The molecule has 0 aliphatic carbocycles. The van der Waals surface area contributed by atoms with Gasteiger partial charge in [-0.25, -0.2) is 0 Å². The molecule has 2 N–H and O–H groups in total. The first kappa shape index (κ1) is 14.1. The Hall–Kier alpha value is -0.990. The Balaban J connectivity index is 2.29. The van der Waals surface area contributed by atoms with E-state index in [0.717, 1.165) is 32.4 Å². The molecule has 0 radical (unpaired) electrons. The van der Waals surface area contributed by atoms with Crippen LogP contribution in [0, 0.1) is 0 Å². The van der Waals surface area contributed by atoms with Crippen molar-refractivity contribution < 1.29 is 0 Å². The third-order valence-corrected chi connectivity index (χ3v) is 3.04. The van der Waals surface area contributed by atoms with E-state index in [1.54, 1.807) is 0 Å². The number of unbranched alkanes of at least 4 members (excludes halogenated alkanes) is 1. The van der Waals surface area contributed by atoms with E-state index >= 15 is 0 Å². The van der Waals surface area contributed by atoms with Gasteiger partial charge in [-0.05, 0) is 19.3 Å². The molecule has 1 atom stereocenters. The van der Waals surface area contributed by atoms with Crippen molar-refractivity contribution in [2.75, 3.05) is 13.1 Å². The maximum Gasteiger partial charge on any atom is 0.0968 e. The van der Waals surface area contributed by atoms with Crippen LogP contribution in [-0.4, -0.2) is 25.0 Å². The highest BCUT2D eigenvalue weighted by Crippen LogP contribution is 2.05. The van der Waals surface area contributed by atoms with E-state index in [0.29, 0.717) is 6.04 Å². The largest absolute Gasteiger partial charge is 0.386 e. The number of aliphatic imine (C=N–C) groups is 1. The average Bonchev–Trinajstić information content (AvgIpc) is 2.80. The molecular weight excluding hydrogens is 210 g/mol. The second-order valence-corrected chi connectivity index (χ2v) is 4.59. The molecule has 0 bridgehead atoms. The normalized spacial score (nSPS) is 20.1. The molecule has 1 aliphatic rings. The van der Waals surface area contributed by atoms with Crippen LogP contribution in [0.15, 0.2) is 16.8 Å². The van der Waals surface area contributed by atoms with Gasteiger partial charge < -0.3 is 10.6 Å². The van der Waals surface area contributed by atoms with Crippen molar-refractivity contribution in [2.45, 2.75) is 58.9 Å². The molecule has 0 spiro atoms. The summed E-state index contributed by atoms with van der Waals surface area (Å²) >= 11 is 0.